The van der Waals surface area contributed by atoms with Crippen molar-refractivity contribution in [3.8, 4) is 22.6 Å². The SMILES string of the molecule is Cc1nc(-c2ccc(F)cc2)c(-c2ccc3nc(CC(=O)c4ncccn4)cn3n2)n1C. The molecule has 5 aromatic rings. The summed E-state index contributed by atoms with van der Waals surface area (Å²) in [7, 11) is 1.91. The first kappa shape index (κ1) is 19.7. The van der Waals surface area contributed by atoms with Gasteiger partial charge in [0, 0.05) is 25.0 Å². The molecule has 0 atom stereocenters. The van der Waals surface area contributed by atoms with Crippen LogP contribution in [0.5, 0.6) is 0 Å². The smallest absolute Gasteiger partial charge is 0.206 e. The number of fused-ring (bicyclic) bond motifs is 1. The Morgan fingerprint density at radius 2 is 1.78 bits per heavy atom. The number of Topliss-reactive ketones (excluding diaryl/α,β-unsaturated/α-hetero) is 1. The van der Waals surface area contributed by atoms with Crippen LogP contribution in [0.4, 0.5) is 4.39 Å². The summed E-state index contributed by atoms with van der Waals surface area (Å²) in [5.74, 6) is 0.451. The van der Waals surface area contributed by atoms with Crippen LogP contribution in [0.1, 0.15) is 22.1 Å². The number of imidazole rings is 2. The molecule has 0 spiro atoms. The lowest BCUT2D eigenvalue weighted by atomic mass is 10.1. The molecule has 0 amide bonds. The molecule has 4 heterocycles. The predicted octanol–water partition coefficient (Wildman–Crippen LogP) is 3.46. The summed E-state index contributed by atoms with van der Waals surface area (Å²) in [5, 5.41) is 4.70. The minimum Gasteiger partial charge on any atom is -0.330 e. The largest absolute Gasteiger partial charge is 0.330 e. The zero-order valence-electron chi connectivity index (χ0n) is 17.4. The highest BCUT2D eigenvalue weighted by Crippen LogP contribution is 2.31. The Morgan fingerprint density at radius 3 is 2.53 bits per heavy atom. The van der Waals surface area contributed by atoms with Crippen molar-refractivity contribution in [2.45, 2.75) is 13.3 Å². The van der Waals surface area contributed by atoms with Crippen LogP contribution in [-0.4, -0.2) is 39.9 Å². The second kappa shape index (κ2) is 7.77. The minimum absolute atomic E-state index is 0.0777. The molecule has 0 bridgehead atoms. The maximum absolute atomic E-state index is 13.4. The first-order chi connectivity index (χ1) is 15.5. The molecule has 158 valence electrons. The van der Waals surface area contributed by atoms with Crippen molar-refractivity contribution in [1.82, 2.24) is 34.1 Å². The van der Waals surface area contributed by atoms with Crippen molar-refractivity contribution in [2.24, 2.45) is 7.05 Å². The van der Waals surface area contributed by atoms with E-state index in [9.17, 15) is 9.18 Å². The summed E-state index contributed by atoms with van der Waals surface area (Å²) in [6, 6.07) is 11.6. The standard InChI is InChI=1S/C23H18FN7O/c1-14-27-21(15-4-6-16(24)7-5-15)22(30(14)2)18-8-9-20-28-17(13-31(20)29-18)12-19(32)23-25-10-3-11-26-23/h3-11,13H,12H2,1-2H3. The van der Waals surface area contributed by atoms with E-state index < -0.39 is 0 Å². The summed E-state index contributed by atoms with van der Waals surface area (Å²) >= 11 is 0. The number of aromatic nitrogens is 7. The highest BCUT2D eigenvalue weighted by atomic mass is 19.1. The average molecular weight is 427 g/mol. The van der Waals surface area contributed by atoms with E-state index in [-0.39, 0.29) is 23.8 Å². The Hall–Kier alpha value is -4.27. The molecule has 0 saturated heterocycles. The minimum atomic E-state index is -0.302. The lowest BCUT2D eigenvalue weighted by Gasteiger charge is -2.07. The van der Waals surface area contributed by atoms with Crippen molar-refractivity contribution in [3.63, 3.8) is 0 Å². The Balaban J connectivity index is 1.52. The zero-order chi connectivity index (χ0) is 22.2. The first-order valence-corrected chi connectivity index (χ1v) is 9.95. The highest BCUT2D eigenvalue weighted by Gasteiger charge is 2.19. The summed E-state index contributed by atoms with van der Waals surface area (Å²) in [6.45, 7) is 1.90. The number of carbonyl (C=O) groups excluding carboxylic acids is 1. The van der Waals surface area contributed by atoms with Crippen LogP contribution in [0.3, 0.4) is 0 Å². The number of rotatable bonds is 5. The Kier molecular flexibility index (Phi) is 4.78. The third-order valence-corrected chi connectivity index (χ3v) is 5.21. The average Bonchev–Trinajstić information content (AvgIpc) is 3.34. The third-order valence-electron chi connectivity index (χ3n) is 5.21. The molecule has 0 aliphatic heterocycles. The normalized spacial score (nSPS) is 11.2. The van der Waals surface area contributed by atoms with Gasteiger partial charge < -0.3 is 4.57 Å². The van der Waals surface area contributed by atoms with Crippen LogP contribution in [0.25, 0.3) is 28.3 Å². The molecule has 8 nitrogen and oxygen atoms in total. The van der Waals surface area contributed by atoms with Gasteiger partial charge in [-0.1, -0.05) is 0 Å². The Morgan fingerprint density at radius 1 is 1.03 bits per heavy atom. The van der Waals surface area contributed by atoms with Gasteiger partial charge in [-0.15, -0.1) is 0 Å². The van der Waals surface area contributed by atoms with Crippen molar-refractivity contribution in [3.05, 3.63) is 84.2 Å². The summed E-state index contributed by atoms with van der Waals surface area (Å²) in [6.07, 6.45) is 4.87. The van der Waals surface area contributed by atoms with Crippen LogP contribution in [0.15, 0.2) is 61.1 Å². The van der Waals surface area contributed by atoms with E-state index in [0.29, 0.717) is 22.7 Å². The fourth-order valence-electron chi connectivity index (χ4n) is 3.54. The molecule has 9 heteroatoms. The van der Waals surface area contributed by atoms with Crippen molar-refractivity contribution in [2.75, 3.05) is 0 Å². The van der Waals surface area contributed by atoms with Crippen LogP contribution < -0.4 is 0 Å². The number of benzene rings is 1. The van der Waals surface area contributed by atoms with E-state index in [2.05, 4.69) is 19.9 Å². The second-order valence-corrected chi connectivity index (χ2v) is 7.35. The predicted molar refractivity (Wildman–Crippen MR) is 115 cm³/mol. The molecule has 0 N–H and O–H groups in total. The van der Waals surface area contributed by atoms with Crippen molar-refractivity contribution < 1.29 is 9.18 Å². The van der Waals surface area contributed by atoms with Gasteiger partial charge in [-0.25, -0.2) is 28.8 Å². The highest BCUT2D eigenvalue weighted by molar-refractivity contribution is 5.93. The lowest BCUT2D eigenvalue weighted by molar-refractivity contribution is 0.0982. The molecule has 0 unspecified atom stereocenters. The van der Waals surface area contributed by atoms with Gasteiger partial charge in [0.15, 0.2) is 11.5 Å². The van der Waals surface area contributed by atoms with E-state index in [1.165, 1.54) is 24.5 Å². The molecule has 32 heavy (non-hydrogen) atoms. The maximum Gasteiger partial charge on any atom is 0.206 e. The molecular formula is C23H18FN7O. The molecule has 0 aliphatic carbocycles. The van der Waals surface area contributed by atoms with Gasteiger partial charge in [0.2, 0.25) is 5.78 Å². The van der Waals surface area contributed by atoms with E-state index in [0.717, 1.165) is 17.1 Å². The van der Waals surface area contributed by atoms with Crippen LogP contribution in [0.2, 0.25) is 0 Å². The number of hydrogen-bond donors (Lipinski definition) is 0. The van der Waals surface area contributed by atoms with Gasteiger partial charge in [0.1, 0.15) is 17.3 Å². The Bertz CT molecular complexity index is 1440. The maximum atomic E-state index is 13.4. The molecule has 0 saturated carbocycles. The molecular weight excluding hydrogens is 409 g/mol. The van der Waals surface area contributed by atoms with Crippen LogP contribution in [0, 0.1) is 12.7 Å². The Labute approximate surface area is 182 Å². The van der Waals surface area contributed by atoms with Gasteiger partial charge in [0.25, 0.3) is 0 Å². The molecule has 1 aromatic carbocycles. The molecule has 5 rings (SSSR count). The van der Waals surface area contributed by atoms with Crippen LogP contribution >= 0.6 is 0 Å². The molecule has 4 aromatic heterocycles. The quantitative estimate of drug-likeness (QED) is 0.399. The van der Waals surface area contributed by atoms with E-state index in [1.807, 2.05) is 30.7 Å². The second-order valence-electron chi connectivity index (χ2n) is 7.35. The van der Waals surface area contributed by atoms with Gasteiger partial charge >= 0.3 is 0 Å². The third kappa shape index (κ3) is 3.53. The van der Waals surface area contributed by atoms with Crippen molar-refractivity contribution >= 4 is 11.4 Å². The van der Waals surface area contributed by atoms with E-state index >= 15 is 0 Å². The number of hydrogen-bond acceptors (Lipinski definition) is 6. The van der Waals surface area contributed by atoms with E-state index in [4.69, 9.17) is 5.10 Å². The monoisotopic (exact) mass is 427 g/mol. The molecule has 0 fully saturated rings. The van der Waals surface area contributed by atoms with Gasteiger partial charge in [-0.2, -0.15) is 5.10 Å². The fraction of sp³-hybridized carbons (Fsp3) is 0.130. The number of ketones is 1. The lowest BCUT2D eigenvalue weighted by Crippen LogP contribution is -2.08. The van der Waals surface area contributed by atoms with E-state index in [1.54, 1.807) is 28.9 Å². The van der Waals surface area contributed by atoms with Gasteiger partial charge in [-0.05, 0) is 49.4 Å². The fourth-order valence-corrected chi connectivity index (χ4v) is 3.54. The number of carbonyl (C=O) groups is 1. The summed E-state index contributed by atoms with van der Waals surface area (Å²) < 4.78 is 17.0. The number of nitrogens with zero attached hydrogens (tertiary/aromatic N) is 7. The number of halogens is 1. The first-order valence-electron chi connectivity index (χ1n) is 9.95. The van der Waals surface area contributed by atoms with Gasteiger partial charge in [-0.3, -0.25) is 4.79 Å². The van der Waals surface area contributed by atoms with Gasteiger partial charge in [0.05, 0.1) is 29.7 Å². The molecule has 0 radical (unpaired) electrons. The molecule has 0 aliphatic rings. The topological polar surface area (TPSA) is 90.9 Å². The zero-order valence-corrected chi connectivity index (χ0v) is 17.4. The summed E-state index contributed by atoms with van der Waals surface area (Å²) in [4.78, 5) is 29.6. The summed E-state index contributed by atoms with van der Waals surface area (Å²) in [5.41, 5.74) is 4.20. The van der Waals surface area contributed by atoms with Crippen molar-refractivity contribution in [1.29, 1.82) is 0 Å². The van der Waals surface area contributed by atoms with Crippen LogP contribution in [-0.2, 0) is 13.5 Å². The number of aryl methyl sites for hydroxylation is 1.